The summed E-state index contributed by atoms with van der Waals surface area (Å²) in [5.41, 5.74) is -1.52. The van der Waals surface area contributed by atoms with E-state index in [4.69, 9.17) is 11.6 Å². The molecule has 1 rings (SSSR count). The number of halogens is 1. The molecule has 0 radical (unpaired) electrons. The quantitative estimate of drug-likeness (QED) is 0.496. The number of nitro groups is 1. The van der Waals surface area contributed by atoms with Gasteiger partial charge in [-0.2, -0.15) is 0 Å². The number of alkyl halides is 1. The van der Waals surface area contributed by atoms with Gasteiger partial charge in [0.2, 0.25) is 0 Å². The number of hydrogen-bond donors (Lipinski definition) is 1. The Hall–Kier alpha value is -1.95. The monoisotopic (exact) mass is 298 g/mol. The fraction of sp³-hybridized carbons (Fsp3) is 0.385. The molecule has 0 bridgehead atoms. The molecule has 0 aliphatic rings. The van der Waals surface area contributed by atoms with Crippen LogP contribution in [0.1, 0.15) is 30.6 Å². The highest BCUT2D eigenvalue weighted by Crippen LogP contribution is 2.20. The summed E-state index contributed by atoms with van der Waals surface area (Å²) in [5, 5.41) is 13.4. The summed E-state index contributed by atoms with van der Waals surface area (Å²) >= 11 is 5.52. The number of benzene rings is 1. The number of carbonyl (C=O) groups is 2. The molecule has 0 aliphatic carbocycles. The summed E-state index contributed by atoms with van der Waals surface area (Å²) in [6.07, 6.45) is 0.338. The first-order valence-corrected chi connectivity index (χ1v) is 6.54. The van der Waals surface area contributed by atoms with Gasteiger partial charge in [-0.25, -0.2) is 0 Å². The second-order valence-electron chi connectivity index (χ2n) is 4.47. The number of nitrogens with zero attached hydrogens (tertiary/aromatic N) is 1. The molecule has 0 fully saturated rings. The van der Waals surface area contributed by atoms with Crippen molar-refractivity contribution in [3.63, 3.8) is 0 Å². The molecule has 108 valence electrons. The zero-order chi connectivity index (χ0) is 15.3. The van der Waals surface area contributed by atoms with Crippen LogP contribution < -0.4 is 5.32 Å². The minimum absolute atomic E-state index is 0.0838. The van der Waals surface area contributed by atoms with Gasteiger partial charge in [0.05, 0.1) is 16.3 Å². The largest absolute Gasteiger partial charge is 0.340 e. The Morgan fingerprint density at radius 1 is 1.40 bits per heavy atom. The Morgan fingerprint density at radius 2 is 2.00 bits per heavy atom. The van der Waals surface area contributed by atoms with Crippen LogP contribution in [0.25, 0.3) is 0 Å². The second-order valence-corrected chi connectivity index (χ2v) is 4.74. The lowest BCUT2D eigenvalue weighted by molar-refractivity contribution is -0.385. The molecule has 1 N–H and O–H groups in total. The van der Waals surface area contributed by atoms with E-state index in [0.29, 0.717) is 6.42 Å². The van der Waals surface area contributed by atoms with E-state index in [1.54, 1.807) is 13.8 Å². The molecule has 20 heavy (non-hydrogen) atoms. The van der Waals surface area contributed by atoms with Crippen molar-refractivity contribution in [2.75, 3.05) is 5.88 Å². The Morgan fingerprint density at radius 3 is 2.50 bits per heavy atom. The number of rotatable bonds is 6. The van der Waals surface area contributed by atoms with Crippen LogP contribution in [0.15, 0.2) is 24.3 Å². The highest BCUT2D eigenvalue weighted by atomic mass is 35.5. The molecule has 0 spiro atoms. The number of amides is 1. The van der Waals surface area contributed by atoms with Crippen LogP contribution in [0, 0.1) is 10.1 Å². The van der Waals surface area contributed by atoms with Gasteiger partial charge in [0.25, 0.3) is 11.6 Å². The standard InChI is InChI=1S/C13H15ClN2O4/c1-3-13(2,11(17)8-14)15-12(18)9-6-4-5-7-10(9)16(19)20/h4-7H,3,8H2,1-2H3,(H,15,18). The van der Waals surface area contributed by atoms with Gasteiger partial charge in [0.15, 0.2) is 5.78 Å². The molecule has 1 atom stereocenters. The van der Waals surface area contributed by atoms with Crippen molar-refractivity contribution in [1.29, 1.82) is 0 Å². The van der Waals surface area contributed by atoms with Crippen LogP contribution in [0.2, 0.25) is 0 Å². The van der Waals surface area contributed by atoms with Crippen LogP contribution in [0.5, 0.6) is 0 Å². The van der Waals surface area contributed by atoms with Crippen LogP contribution in [0.3, 0.4) is 0 Å². The highest BCUT2D eigenvalue weighted by Gasteiger charge is 2.33. The topological polar surface area (TPSA) is 89.3 Å². The Bertz CT molecular complexity index is 547. The first-order chi connectivity index (χ1) is 9.35. The van der Waals surface area contributed by atoms with Gasteiger partial charge < -0.3 is 5.32 Å². The van der Waals surface area contributed by atoms with Crippen molar-refractivity contribution in [3.8, 4) is 0 Å². The maximum Gasteiger partial charge on any atom is 0.282 e. The Labute approximate surface area is 121 Å². The molecule has 0 saturated heterocycles. The van der Waals surface area contributed by atoms with Crippen LogP contribution in [-0.2, 0) is 4.79 Å². The van der Waals surface area contributed by atoms with E-state index in [2.05, 4.69) is 5.32 Å². The lowest BCUT2D eigenvalue weighted by Gasteiger charge is -2.27. The third kappa shape index (κ3) is 3.33. The lowest BCUT2D eigenvalue weighted by atomic mass is 9.93. The fourth-order valence-electron chi connectivity index (χ4n) is 1.65. The maximum atomic E-state index is 12.2. The molecular weight excluding hydrogens is 284 g/mol. The number of nitro benzene ring substituents is 1. The summed E-state index contributed by atoms with van der Waals surface area (Å²) in [6.45, 7) is 3.27. The summed E-state index contributed by atoms with van der Waals surface area (Å²) in [7, 11) is 0. The van der Waals surface area contributed by atoms with Crippen molar-refractivity contribution in [3.05, 3.63) is 39.9 Å². The molecule has 0 aromatic heterocycles. The summed E-state index contributed by atoms with van der Waals surface area (Å²) in [4.78, 5) is 34.2. The van der Waals surface area contributed by atoms with Gasteiger partial charge in [-0.1, -0.05) is 19.1 Å². The van der Waals surface area contributed by atoms with Gasteiger partial charge >= 0.3 is 0 Å². The first kappa shape index (κ1) is 16.1. The van der Waals surface area contributed by atoms with E-state index in [9.17, 15) is 19.7 Å². The van der Waals surface area contributed by atoms with E-state index in [-0.39, 0.29) is 22.9 Å². The molecule has 1 aromatic carbocycles. The second kappa shape index (κ2) is 6.47. The zero-order valence-electron chi connectivity index (χ0n) is 11.2. The summed E-state index contributed by atoms with van der Waals surface area (Å²) in [5.74, 6) is -1.24. The van der Waals surface area contributed by atoms with E-state index < -0.39 is 16.4 Å². The molecule has 6 nitrogen and oxygen atoms in total. The van der Waals surface area contributed by atoms with Crippen molar-refractivity contribution in [2.24, 2.45) is 0 Å². The minimum Gasteiger partial charge on any atom is -0.340 e. The minimum atomic E-state index is -1.14. The van der Waals surface area contributed by atoms with Gasteiger partial charge in [-0.15, -0.1) is 11.6 Å². The molecular formula is C13H15ClN2O4. The molecule has 0 heterocycles. The third-order valence-corrected chi connectivity index (χ3v) is 3.42. The van der Waals surface area contributed by atoms with Gasteiger partial charge in [-0.3, -0.25) is 19.7 Å². The highest BCUT2D eigenvalue weighted by molar-refractivity contribution is 6.29. The third-order valence-electron chi connectivity index (χ3n) is 3.18. The maximum absolute atomic E-state index is 12.2. The number of carbonyl (C=O) groups excluding carboxylic acids is 2. The number of ketones is 1. The summed E-state index contributed by atoms with van der Waals surface area (Å²) in [6, 6.07) is 5.57. The molecule has 1 unspecified atom stereocenters. The molecule has 0 saturated carbocycles. The molecule has 0 aliphatic heterocycles. The molecule has 1 amide bonds. The fourth-order valence-corrected chi connectivity index (χ4v) is 1.94. The number of hydrogen-bond acceptors (Lipinski definition) is 4. The number of para-hydroxylation sites is 1. The molecule has 1 aromatic rings. The Kier molecular flexibility index (Phi) is 5.21. The van der Waals surface area contributed by atoms with Crippen molar-refractivity contribution in [2.45, 2.75) is 25.8 Å². The number of nitrogens with one attached hydrogen (secondary N) is 1. The van der Waals surface area contributed by atoms with Crippen molar-refractivity contribution < 1.29 is 14.5 Å². The first-order valence-electron chi connectivity index (χ1n) is 6.01. The zero-order valence-corrected chi connectivity index (χ0v) is 11.9. The molecule has 7 heteroatoms. The SMILES string of the molecule is CCC(C)(NC(=O)c1ccccc1[N+](=O)[O-])C(=O)CCl. The van der Waals surface area contributed by atoms with Gasteiger partial charge in [0, 0.05) is 6.07 Å². The average Bonchev–Trinajstić information content (AvgIpc) is 2.45. The van der Waals surface area contributed by atoms with E-state index >= 15 is 0 Å². The van der Waals surface area contributed by atoms with Gasteiger partial charge in [-0.05, 0) is 19.4 Å². The average molecular weight is 299 g/mol. The van der Waals surface area contributed by atoms with E-state index in [1.165, 1.54) is 24.3 Å². The predicted octanol–water partition coefficient (Wildman–Crippen LogP) is 2.30. The smallest absolute Gasteiger partial charge is 0.282 e. The normalized spacial score (nSPS) is 13.3. The van der Waals surface area contributed by atoms with Crippen LogP contribution >= 0.6 is 11.6 Å². The number of Topliss-reactive ketones (excluding diaryl/α,β-unsaturated/α-hetero) is 1. The van der Waals surface area contributed by atoms with Crippen molar-refractivity contribution in [1.82, 2.24) is 5.32 Å². The van der Waals surface area contributed by atoms with E-state index in [1.807, 2.05) is 0 Å². The van der Waals surface area contributed by atoms with Gasteiger partial charge in [0.1, 0.15) is 5.56 Å². The van der Waals surface area contributed by atoms with Crippen molar-refractivity contribution >= 4 is 29.0 Å². The van der Waals surface area contributed by atoms with Crippen LogP contribution in [0.4, 0.5) is 5.69 Å². The summed E-state index contributed by atoms with van der Waals surface area (Å²) < 4.78 is 0. The van der Waals surface area contributed by atoms with E-state index in [0.717, 1.165) is 0 Å². The lowest BCUT2D eigenvalue weighted by Crippen LogP contribution is -2.52. The Balaban J connectivity index is 3.08. The predicted molar refractivity (Wildman–Crippen MR) is 75.0 cm³/mol. The van der Waals surface area contributed by atoms with Crippen LogP contribution in [-0.4, -0.2) is 28.0 Å².